The molecule has 0 radical (unpaired) electrons. The molecule has 1 amide bonds. The van der Waals surface area contributed by atoms with Crippen molar-refractivity contribution in [3.8, 4) is 0 Å². The van der Waals surface area contributed by atoms with Crippen LogP contribution in [0.4, 0.5) is 0 Å². The van der Waals surface area contributed by atoms with Crippen LogP contribution in [0, 0.1) is 5.92 Å². The van der Waals surface area contributed by atoms with E-state index >= 15 is 0 Å². The van der Waals surface area contributed by atoms with Gasteiger partial charge in [0.15, 0.2) is 0 Å². The third kappa shape index (κ3) is 5.82. The van der Waals surface area contributed by atoms with Gasteiger partial charge in [-0.15, -0.1) is 0 Å². The Bertz CT molecular complexity index is 690. The smallest absolute Gasteiger partial charge is 0.308 e. The number of carboxylic acid groups (broad SMARTS) is 1. The van der Waals surface area contributed by atoms with Crippen molar-refractivity contribution in [3.05, 3.63) is 30.3 Å². The van der Waals surface area contributed by atoms with Crippen molar-refractivity contribution < 1.29 is 23.1 Å². The van der Waals surface area contributed by atoms with E-state index in [0.29, 0.717) is 12.8 Å². The van der Waals surface area contributed by atoms with Gasteiger partial charge in [0.25, 0.3) is 0 Å². The zero-order chi connectivity index (χ0) is 18.3. The zero-order valence-corrected chi connectivity index (χ0v) is 14.8. The minimum absolute atomic E-state index is 0.0328. The summed E-state index contributed by atoms with van der Waals surface area (Å²) in [4.78, 5) is 23.6. The molecule has 1 fully saturated rings. The SMILES string of the molecule is O=C(CCNS(=O)(=O)c1ccccc1)N[C@H]1CCCCC[C@H]1C(=O)O. The Morgan fingerprint density at radius 2 is 1.76 bits per heavy atom. The number of hydrogen-bond acceptors (Lipinski definition) is 4. The van der Waals surface area contributed by atoms with Gasteiger partial charge in [0.05, 0.1) is 10.8 Å². The lowest BCUT2D eigenvalue weighted by Crippen LogP contribution is -2.43. The number of carbonyl (C=O) groups excluding carboxylic acids is 1. The third-order valence-corrected chi connectivity index (χ3v) is 5.85. The minimum Gasteiger partial charge on any atom is -0.481 e. The first-order chi connectivity index (χ1) is 11.9. The molecule has 0 unspecified atom stereocenters. The Labute approximate surface area is 147 Å². The monoisotopic (exact) mass is 368 g/mol. The Balaban J connectivity index is 1.84. The fourth-order valence-corrected chi connectivity index (χ4v) is 4.09. The molecule has 0 aromatic heterocycles. The van der Waals surface area contributed by atoms with Crippen molar-refractivity contribution in [1.82, 2.24) is 10.0 Å². The van der Waals surface area contributed by atoms with E-state index in [4.69, 9.17) is 0 Å². The van der Waals surface area contributed by atoms with Crippen LogP contribution >= 0.6 is 0 Å². The van der Waals surface area contributed by atoms with Crippen LogP contribution in [0.1, 0.15) is 38.5 Å². The predicted octanol–water partition coefficient (Wildman–Crippen LogP) is 1.50. The van der Waals surface area contributed by atoms with Crippen LogP contribution < -0.4 is 10.0 Å². The molecule has 0 aliphatic heterocycles. The van der Waals surface area contributed by atoms with Gasteiger partial charge in [0.1, 0.15) is 0 Å². The first kappa shape index (κ1) is 19.4. The van der Waals surface area contributed by atoms with Crippen molar-refractivity contribution in [2.24, 2.45) is 5.92 Å². The van der Waals surface area contributed by atoms with Gasteiger partial charge in [-0.3, -0.25) is 9.59 Å². The fraction of sp³-hybridized carbons (Fsp3) is 0.529. The summed E-state index contributed by atoms with van der Waals surface area (Å²) in [6.45, 7) is -0.0342. The summed E-state index contributed by atoms with van der Waals surface area (Å²) in [6.07, 6.45) is 3.86. The van der Waals surface area contributed by atoms with Crippen LogP contribution in [-0.4, -0.2) is 38.0 Å². The molecule has 2 rings (SSSR count). The second-order valence-corrected chi connectivity index (χ2v) is 7.98. The normalized spacial score (nSPS) is 21.3. The molecular formula is C17H24N2O5S. The van der Waals surface area contributed by atoms with E-state index in [1.807, 2.05) is 0 Å². The summed E-state index contributed by atoms with van der Waals surface area (Å²) >= 11 is 0. The average molecular weight is 368 g/mol. The predicted molar refractivity (Wildman–Crippen MR) is 92.4 cm³/mol. The fourth-order valence-electron chi connectivity index (χ4n) is 3.04. The largest absolute Gasteiger partial charge is 0.481 e. The van der Waals surface area contributed by atoms with Crippen LogP contribution in [0.25, 0.3) is 0 Å². The summed E-state index contributed by atoms with van der Waals surface area (Å²) < 4.78 is 26.5. The van der Waals surface area contributed by atoms with Crippen molar-refractivity contribution in [3.63, 3.8) is 0 Å². The highest BCUT2D eigenvalue weighted by Crippen LogP contribution is 2.23. The highest BCUT2D eigenvalue weighted by Gasteiger charge is 2.30. The summed E-state index contributed by atoms with van der Waals surface area (Å²) in [7, 11) is -3.64. The molecule has 0 bridgehead atoms. The second kappa shape index (κ2) is 8.96. The molecule has 1 aliphatic carbocycles. The lowest BCUT2D eigenvalue weighted by Gasteiger charge is -2.22. The maximum Gasteiger partial charge on any atom is 0.308 e. The Morgan fingerprint density at radius 3 is 2.44 bits per heavy atom. The number of sulfonamides is 1. The third-order valence-electron chi connectivity index (χ3n) is 4.38. The molecule has 8 heteroatoms. The summed E-state index contributed by atoms with van der Waals surface area (Å²) in [5.41, 5.74) is 0. The second-order valence-electron chi connectivity index (χ2n) is 6.22. The number of carbonyl (C=O) groups is 2. The molecule has 1 aromatic rings. The number of rotatable bonds is 7. The number of nitrogens with one attached hydrogen (secondary N) is 2. The molecule has 1 aliphatic rings. The van der Waals surface area contributed by atoms with E-state index in [0.717, 1.165) is 19.3 Å². The van der Waals surface area contributed by atoms with Crippen LogP contribution in [-0.2, 0) is 19.6 Å². The number of aliphatic carboxylic acids is 1. The van der Waals surface area contributed by atoms with Gasteiger partial charge in [-0.05, 0) is 25.0 Å². The Kier molecular flexibility index (Phi) is 6.95. The molecule has 7 nitrogen and oxygen atoms in total. The number of benzene rings is 1. The first-order valence-electron chi connectivity index (χ1n) is 8.47. The van der Waals surface area contributed by atoms with E-state index in [1.54, 1.807) is 18.2 Å². The first-order valence-corrected chi connectivity index (χ1v) is 9.95. The molecule has 1 saturated carbocycles. The maximum absolute atomic E-state index is 12.1. The molecule has 1 aromatic carbocycles. The molecule has 0 heterocycles. The van der Waals surface area contributed by atoms with E-state index in [-0.39, 0.29) is 23.8 Å². The van der Waals surface area contributed by atoms with E-state index in [2.05, 4.69) is 10.0 Å². The Morgan fingerprint density at radius 1 is 1.08 bits per heavy atom. The summed E-state index contributed by atoms with van der Waals surface area (Å²) in [6, 6.07) is 7.53. The highest BCUT2D eigenvalue weighted by molar-refractivity contribution is 7.89. The van der Waals surface area contributed by atoms with Gasteiger partial charge in [-0.1, -0.05) is 37.5 Å². The molecule has 0 spiro atoms. The number of carboxylic acids is 1. The Hall–Kier alpha value is -1.93. The van der Waals surface area contributed by atoms with Gasteiger partial charge in [0.2, 0.25) is 15.9 Å². The van der Waals surface area contributed by atoms with Crippen LogP contribution in [0.3, 0.4) is 0 Å². The van der Waals surface area contributed by atoms with Crippen LogP contribution in [0.2, 0.25) is 0 Å². The summed E-state index contributed by atoms with van der Waals surface area (Å²) in [5, 5.41) is 12.1. The van der Waals surface area contributed by atoms with Gasteiger partial charge >= 0.3 is 5.97 Å². The van der Waals surface area contributed by atoms with Gasteiger partial charge in [-0.25, -0.2) is 13.1 Å². The van der Waals surface area contributed by atoms with Gasteiger partial charge < -0.3 is 10.4 Å². The average Bonchev–Trinajstić information content (AvgIpc) is 2.81. The van der Waals surface area contributed by atoms with Crippen LogP contribution in [0.5, 0.6) is 0 Å². The lowest BCUT2D eigenvalue weighted by molar-refractivity contribution is -0.143. The minimum atomic E-state index is -3.64. The molecule has 25 heavy (non-hydrogen) atoms. The van der Waals surface area contributed by atoms with Crippen molar-refractivity contribution in [2.75, 3.05) is 6.54 Å². The zero-order valence-electron chi connectivity index (χ0n) is 14.0. The molecule has 3 N–H and O–H groups in total. The van der Waals surface area contributed by atoms with Gasteiger partial charge in [-0.2, -0.15) is 0 Å². The molecule has 138 valence electrons. The summed E-state index contributed by atoms with van der Waals surface area (Å²) in [5.74, 6) is -1.81. The molecule has 2 atom stereocenters. The quantitative estimate of drug-likeness (QED) is 0.632. The van der Waals surface area contributed by atoms with Crippen molar-refractivity contribution in [1.29, 1.82) is 0 Å². The number of hydrogen-bond donors (Lipinski definition) is 3. The topological polar surface area (TPSA) is 113 Å². The van der Waals surface area contributed by atoms with E-state index in [9.17, 15) is 23.1 Å². The standard InChI is InChI=1S/C17H24N2O5S/c20-16(19-15-10-6-2-5-9-14(15)17(21)22)11-12-18-25(23,24)13-7-3-1-4-8-13/h1,3-4,7-8,14-15,18H,2,5-6,9-12H2,(H,19,20)(H,21,22)/t14-,15+/m1/s1. The van der Waals surface area contributed by atoms with Crippen LogP contribution in [0.15, 0.2) is 35.2 Å². The lowest BCUT2D eigenvalue weighted by atomic mass is 9.95. The van der Waals surface area contributed by atoms with Crippen molar-refractivity contribution >= 4 is 21.9 Å². The van der Waals surface area contributed by atoms with E-state index in [1.165, 1.54) is 12.1 Å². The molecule has 0 saturated heterocycles. The van der Waals surface area contributed by atoms with E-state index < -0.39 is 28.0 Å². The van der Waals surface area contributed by atoms with Gasteiger partial charge in [0, 0.05) is 19.0 Å². The number of amides is 1. The maximum atomic E-state index is 12.1. The highest BCUT2D eigenvalue weighted by atomic mass is 32.2. The van der Waals surface area contributed by atoms with Crippen molar-refractivity contribution in [2.45, 2.75) is 49.5 Å². The molecular weight excluding hydrogens is 344 g/mol.